The molecule has 0 atom stereocenters. The van der Waals surface area contributed by atoms with Crippen molar-refractivity contribution in [3.05, 3.63) is 24.0 Å². The summed E-state index contributed by atoms with van der Waals surface area (Å²) in [6.45, 7) is 3.30. The van der Waals surface area contributed by atoms with Crippen LogP contribution in [0.2, 0.25) is 0 Å². The molecule has 4 nitrogen and oxygen atoms in total. The van der Waals surface area contributed by atoms with Gasteiger partial charge in [-0.05, 0) is 44.0 Å². The fourth-order valence-corrected chi connectivity index (χ4v) is 2.27. The smallest absolute Gasteiger partial charge is 0.142 e. The van der Waals surface area contributed by atoms with Crippen LogP contribution in [0.3, 0.4) is 0 Å². The van der Waals surface area contributed by atoms with E-state index in [9.17, 15) is 0 Å². The molecule has 1 N–H and O–H groups in total. The zero-order valence-corrected chi connectivity index (χ0v) is 10.2. The van der Waals surface area contributed by atoms with E-state index >= 15 is 0 Å². The number of nitrogens with zero attached hydrogens (tertiary/aromatic N) is 3. The minimum Gasteiger partial charge on any atom is -0.374 e. The van der Waals surface area contributed by atoms with Gasteiger partial charge in [0.2, 0.25) is 0 Å². The molecule has 2 rings (SSSR count). The van der Waals surface area contributed by atoms with E-state index < -0.39 is 0 Å². The van der Waals surface area contributed by atoms with Gasteiger partial charge in [0.1, 0.15) is 11.8 Å². The standard InChI is InChI=1S/C13H18N4/c1-17(10-11-2-5-15-6-3-11)13-4-7-16-12(8-13)9-14/h4,7-8,11,15H,2-3,5-6,10H2,1H3. The van der Waals surface area contributed by atoms with Gasteiger partial charge >= 0.3 is 0 Å². The highest BCUT2D eigenvalue weighted by atomic mass is 15.1. The molecule has 0 radical (unpaired) electrons. The maximum atomic E-state index is 8.83. The van der Waals surface area contributed by atoms with E-state index in [2.05, 4.69) is 28.3 Å². The molecule has 0 aliphatic carbocycles. The van der Waals surface area contributed by atoms with Crippen molar-refractivity contribution in [2.75, 3.05) is 31.6 Å². The highest BCUT2D eigenvalue weighted by Gasteiger charge is 2.15. The lowest BCUT2D eigenvalue weighted by atomic mass is 9.97. The van der Waals surface area contributed by atoms with Crippen LogP contribution in [0, 0.1) is 17.2 Å². The number of rotatable bonds is 3. The predicted octanol–water partition coefficient (Wildman–Crippen LogP) is 1.39. The van der Waals surface area contributed by atoms with Crippen molar-refractivity contribution in [2.45, 2.75) is 12.8 Å². The summed E-state index contributed by atoms with van der Waals surface area (Å²) < 4.78 is 0. The second kappa shape index (κ2) is 5.65. The largest absolute Gasteiger partial charge is 0.374 e. The van der Waals surface area contributed by atoms with Crippen molar-refractivity contribution in [3.63, 3.8) is 0 Å². The van der Waals surface area contributed by atoms with Crippen LogP contribution in [0.15, 0.2) is 18.3 Å². The summed E-state index contributed by atoms with van der Waals surface area (Å²) in [6, 6.07) is 5.89. The fourth-order valence-electron chi connectivity index (χ4n) is 2.27. The Kier molecular flexibility index (Phi) is 3.94. The first-order valence-electron chi connectivity index (χ1n) is 6.07. The van der Waals surface area contributed by atoms with Crippen molar-refractivity contribution in [3.8, 4) is 6.07 Å². The normalized spacial score (nSPS) is 16.5. The molecule has 0 spiro atoms. The average molecular weight is 230 g/mol. The first kappa shape index (κ1) is 11.9. The first-order chi connectivity index (χ1) is 8.29. The molecule has 0 unspecified atom stereocenters. The van der Waals surface area contributed by atoms with E-state index in [0.29, 0.717) is 5.69 Å². The second-order valence-corrected chi connectivity index (χ2v) is 4.58. The molecule has 2 heterocycles. The topological polar surface area (TPSA) is 52.0 Å². The number of pyridine rings is 1. The Morgan fingerprint density at radius 2 is 2.29 bits per heavy atom. The second-order valence-electron chi connectivity index (χ2n) is 4.58. The van der Waals surface area contributed by atoms with E-state index in [1.165, 1.54) is 12.8 Å². The first-order valence-corrected chi connectivity index (χ1v) is 6.07. The monoisotopic (exact) mass is 230 g/mol. The van der Waals surface area contributed by atoms with Gasteiger partial charge in [-0.2, -0.15) is 5.26 Å². The molecule has 0 saturated carbocycles. The zero-order valence-electron chi connectivity index (χ0n) is 10.2. The van der Waals surface area contributed by atoms with Crippen molar-refractivity contribution in [1.29, 1.82) is 5.26 Å². The molecular weight excluding hydrogens is 212 g/mol. The minimum absolute atomic E-state index is 0.486. The molecule has 17 heavy (non-hydrogen) atoms. The van der Waals surface area contributed by atoms with Crippen molar-refractivity contribution >= 4 is 5.69 Å². The number of anilines is 1. The molecule has 0 aromatic carbocycles. The molecule has 1 aliphatic heterocycles. The summed E-state index contributed by atoms with van der Waals surface area (Å²) in [5.41, 5.74) is 1.56. The summed E-state index contributed by atoms with van der Waals surface area (Å²) in [7, 11) is 2.08. The quantitative estimate of drug-likeness (QED) is 0.852. The average Bonchev–Trinajstić information content (AvgIpc) is 2.40. The lowest BCUT2D eigenvalue weighted by molar-refractivity contribution is 0.378. The van der Waals surface area contributed by atoms with Gasteiger partial charge in [0.15, 0.2) is 0 Å². The molecule has 90 valence electrons. The Morgan fingerprint density at radius 3 is 3.00 bits per heavy atom. The highest BCUT2D eigenvalue weighted by Crippen LogP contribution is 2.18. The van der Waals surface area contributed by atoms with Crippen LogP contribution in [0.1, 0.15) is 18.5 Å². The highest BCUT2D eigenvalue weighted by molar-refractivity contribution is 5.48. The molecule has 1 saturated heterocycles. The number of nitriles is 1. The van der Waals surface area contributed by atoms with Gasteiger partial charge in [0.05, 0.1) is 0 Å². The Hall–Kier alpha value is -1.60. The molecule has 1 fully saturated rings. The van der Waals surface area contributed by atoms with E-state index in [1.54, 1.807) is 6.20 Å². The van der Waals surface area contributed by atoms with Crippen LogP contribution in [-0.4, -0.2) is 31.7 Å². The van der Waals surface area contributed by atoms with Gasteiger partial charge in [-0.25, -0.2) is 4.98 Å². The van der Waals surface area contributed by atoms with Crippen LogP contribution in [-0.2, 0) is 0 Å². The van der Waals surface area contributed by atoms with Crippen molar-refractivity contribution < 1.29 is 0 Å². The Bertz CT molecular complexity index is 404. The maximum absolute atomic E-state index is 8.83. The number of aromatic nitrogens is 1. The lowest BCUT2D eigenvalue weighted by Gasteiger charge is -2.28. The predicted molar refractivity (Wildman–Crippen MR) is 67.8 cm³/mol. The molecule has 1 aromatic rings. The summed E-state index contributed by atoms with van der Waals surface area (Å²) >= 11 is 0. The van der Waals surface area contributed by atoms with Crippen molar-refractivity contribution in [1.82, 2.24) is 10.3 Å². The molecular formula is C13H18N4. The van der Waals surface area contributed by atoms with E-state index in [4.69, 9.17) is 5.26 Å². The minimum atomic E-state index is 0.486. The maximum Gasteiger partial charge on any atom is 0.142 e. The fraction of sp³-hybridized carbons (Fsp3) is 0.538. The van der Waals surface area contributed by atoms with E-state index in [0.717, 1.165) is 31.2 Å². The Labute approximate surface area is 102 Å². The van der Waals surface area contributed by atoms with E-state index in [-0.39, 0.29) is 0 Å². The van der Waals surface area contributed by atoms with Gasteiger partial charge in [-0.15, -0.1) is 0 Å². The number of hydrogen-bond donors (Lipinski definition) is 1. The van der Waals surface area contributed by atoms with Crippen LogP contribution < -0.4 is 10.2 Å². The van der Waals surface area contributed by atoms with Crippen LogP contribution >= 0.6 is 0 Å². The van der Waals surface area contributed by atoms with E-state index in [1.807, 2.05) is 12.1 Å². The zero-order chi connectivity index (χ0) is 12.1. The molecule has 0 bridgehead atoms. The third-order valence-electron chi connectivity index (χ3n) is 3.29. The van der Waals surface area contributed by atoms with Gasteiger partial charge < -0.3 is 10.2 Å². The third kappa shape index (κ3) is 3.18. The summed E-state index contributed by atoms with van der Waals surface area (Å²) in [6.07, 6.45) is 4.17. The summed E-state index contributed by atoms with van der Waals surface area (Å²) in [5.74, 6) is 0.750. The molecule has 1 aliphatic rings. The molecule has 4 heteroatoms. The SMILES string of the molecule is CN(CC1CCNCC1)c1ccnc(C#N)c1. The van der Waals surface area contributed by atoms with Crippen LogP contribution in [0.4, 0.5) is 5.69 Å². The Balaban J connectivity index is 1.98. The van der Waals surface area contributed by atoms with Gasteiger partial charge in [-0.3, -0.25) is 0 Å². The summed E-state index contributed by atoms with van der Waals surface area (Å²) in [4.78, 5) is 6.21. The number of piperidine rings is 1. The van der Waals surface area contributed by atoms with Crippen LogP contribution in [0.5, 0.6) is 0 Å². The van der Waals surface area contributed by atoms with Crippen LogP contribution in [0.25, 0.3) is 0 Å². The van der Waals surface area contributed by atoms with Gasteiger partial charge in [0.25, 0.3) is 0 Å². The molecule has 1 aromatic heterocycles. The van der Waals surface area contributed by atoms with Gasteiger partial charge in [0, 0.05) is 25.5 Å². The van der Waals surface area contributed by atoms with Gasteiger partial charge in [-0.1, -0.05) is 0 Å². The van der Waals surface area contributed by atoms with Crippen molar-refractivity contribution in [2.24, 2.45) is 5.92 Å². The molecule has 0 amide bonds. The number of nitrogens with one attached hydrogen (secondary N) is 1. The Morgan fingerprint density at radius 1 is 1.53 bits per heavy atom. The third-order valence-corrected chi connectivity index (χ3v) is 3.29. The summed E-state index contributed by atoms with van der Waals surface area (Å²) in [5, 5.41) is 12.2. The lowest BCUT2D eigenvalue weighted by Crippen LogP contribution is -2.34. The number of hydrogen-bond acceptors (Lipinski definition) is 4.